The molecule has 1 atom stereocenters. The SMILES string of the molecule is COc1ccc2c(c1)O[C@H](C)C/C2=N/OC(=O)c1ccccc1F. The van der Waals surface area contributed by atoms with Crippen LogP contribution in [0.4, 0.5) is 4.39 Å². The average Bonchev–Trinajstić information content (AvgIpc) is 2.59. The molecule has 24 heavy (non-hydrogen) atoms. The first kappa shape index (κ1) is 16.0. The van der Waals surface area contributed by atoms with Crippen LogP contribution in [0.5, 0.6) is 11.5 Å². The van der Waals surface area contributed by atoms with Crippen molar-refractivity contribution in [3.63, 3.8) is 0 Å². The van der Waals surface area contributed by atoms with Gasteiger partial charge in [-0.2, -0.15) is 0 Å². The lowest BCUT2D eigenvalue weighted by Crippen LogP contribution is -2.25. The number of carbonyl (C=O) groups excluding carboxylic acids is 1. The van der Waals surface area contributed by atoms with Crippen LogP contribution in [0.25, 0.3) is 0 Å². The smallest absolute Gasteiger partial charge is 0.368 e. The monoisotopic (exact) mass is 329 g/mol. The van der Waals surface area contributed by atoms with Gasteiger partial charge in [0.1, 0.15) is 23.4 Å². The Morgan fingerprint density at radius 3 is 2.83 bits per heavy atom. The van der Waals surface area contributed by atoms with E-state index >= 15 is 0 Å². The molecule has 0 unspecified atom stereocenters. The van der Waals surface area contributed by atoms with Gasteiger partial charge in [0.2, 0.25) is 0 Å². The van der Waals surface area contributed by atoms with Gasteiger partial charge in [0.05, 0.1) is 18.4 Å². The predicted molar refractivity (Wildman–Crippen MR) is 86.1 cm³/mol. The van der Waals surface area contributed by atoms with Crippen molar-refractivity contribution in [3.8, 4) is 11.5 Å². The van der Waals surface area contributed by atoms with Crippen molar-refractivity contribution in [2.45, 2.75) is 19.4 Å². The molecule has 0 saturated heterocycles. The van der Waals surface area contributed by atoms with Gasteiger partial charge in [0, 0.05) is 18.1 Å². The number of benzene rings is 2. The molecular formula is C18H16FNO4. The Morgan fingerprint density at radius 1 is 1.29 bits per heavy atom. The number of fused-ring (bicyclic) bond motifs is 1. The number of methoxy groups -OCH3 is 1. The molecule has 0 N–H and O–H groups in total. The maximum absolute atomic E-state index is 13.6. The van der Waals surface area contributed by atoms with E-state index in [0.29, 0.717) is 23.6 Å². The summed E-state index contributed by atoms with van der Waals surface area (Å²) in [4.78, 5) is 16.9. The molecular weight excluding hydrogens is 313 g/mol. The van der Waals surface area contributed by atoms with Crippen molar-refractivity contribution >= 4 is 11.7 Å². The number of nitrogens with zero attached hydrogens (tertiary/aromatic N) is 1. The molecule has 2 aromatic rings. The maximum atomic E-state index is 13.6. The van der Waals surface area contributed by atoms with Gasteiger partial charge in [-0.3, -0.25) is 0 Å². The van der Waals surface area contributed by atoms with Crippen molar-refractivity contribution in [2.75, 3.05) is 7.11 Å². The Bertz CT molecular complexity index is 803. The molecule has 0 fully saturated rings. The lowest BCUT2D eigenvalue weighted by atomic mass is 10.0. The van der Waals surface area contributed by atoms with E-state index in [0.717, 1.165) is 5.56 Å². The van der Waals surface area contributed by atoms with E-state index in [-0.39, 0.29) is 11.7 Å². The minimum absolute atomic E-state index is 0.129. The summed E-state index contributed by atoms with van der Waals surface area (Å²) >= 11 is 0. The summed E-state index contributed by atoms with van der Waals surface area (Å²) in [6.45, 7) is 1.89. The zero-order chi connectivity index (χ0) is 17.1. The Balaban J connectivity index is 1.86. The van der Waals surface area contributed by atoms with Gasteiger partial charge in [-0.25, -0.2) is 9.18 Å². The topological polar surface area (TPSA) is 57.1 Å². The molecule has 0 spiro atoms. The second kappa shape index (κ2) is 6.70. The summed E-state index contributed by atoms with van der Waals surface area (Å²) in [6.07, 6.45) is 0.347. The minimum atomic E-state index is -0.838. The number of oxime groups is 1. The zero-order valence-electron chi connectivity index (χ0n) is 13.3. The molecule has 3 rings (SSSR count). The Morgan fingerprint density at radius 2 is 2.08 bits per heavy atom. The average molecular weight is 329 g/mol. The molecule has 1 aliphatic heterocycles. The van der Waals surface area contributed by atoms with E-state index in [2.05, 4.69) is 5.16 Å². The van der Waals surface area contributed by atoms with Crippen molar-refractivity contribution < 1.29 is 23.5 Å². The molecule has 1 heterocycles. The molecule has 124 valence electrons. The molecule has 6 heteroatoms. The quantitative estimate of drug-likeness (QED) is 0.638. The predicted octanol–water partition coefficient (Wildman–Crippen LogP) is 3.57. The molecule has 0 bridgehead atoms. The normalized spacial score (nSPS) is 17.8. The Kier molecular flexibility index (Phi) is 4.46. The van der Waals surface area contributed by atoms with Crippen molar-refractivity contribution in [2.24, 2.45) is 5.16 Å². The van der Waals surface area contributed by atoms with Crippen LogP contribution >= 0.6 is 0 Å². The highest BCUT2D eigenvalue weighted by molar-refractivity contribution is 6.04. The highest BCUT2D eigenvalue weighted by Gasteiger charge is 2.24. The van der Waals surface area contributed by atoms with E-state index in [1.54, 1.807) is 31.4 Å². The number of ether oxygens (including phenoxy) is 2. The largest absolute Gasteiger partial charge is 0.497 e. The second-order valence-electron chi connectivity index (χ2n) is 5.39. The van der Waals surface area contributed by atoms with Gasteiger partial charge in [0.25, 0.3) is 0 Å². The van der Waals surface area contributed by atoms with Crippen LogP contribution in [0, 0.1) is 5.82 Å². The van der Waals surface area contributed by atoms with Gasteiger partial charge < -0.3 is 14.3 Å². The van der Waals surface area contributed by atoms with Gasteiger partial charge in [-0.05, 0) is 31.2 Å². The fraction of sp³-hybridized carbons (Fsp3) is 0.222. The number of halogens is 1. The third-order valence-electron chi connectivity index (χ3n) is 3.64. The molecule has 2 aromatic carbocycles. The first-order chi connectivity index (χ1) is 11.6. The van der Waals surface area contributed by atoms with Crippen LogP contribution in [0.15, 0.2) is 47.6 Å². The number of carbonyl (C=O) groups is 1. The van der Waals surface area contributed by atoms with Crippen molar-refractivity contribution in [1.82, 2.24) is 0 Å². The summed E-state index contributed by atoms with van der Waals surface area (Å²) in [5.74, 6) is -0.220. The molecule has 0 radical (unpaired) electrons. The van der Waals surface area contributed by atoms with Gasteiger partial charge in [-0.15, -0.1) is 0 Å². The fourth-order valence-electron chi connectivity index (χ4n) is 2.47. The van der Waals surface area contributed by atoms with E-state index in [9.17, 15) is 9.18 Å². The lowest BCUT2D eigenvalue weighted by Gasteiger charge is -2.24. The van der Waals surface area contributed by atoms with Crippen molar-refractivity contribution in [3.05, 3.63) is 59.4 Å². The van der Waals surface area contributed by atoms with E-state index < -0.39 is 11.8 Å². The summed E-state index contributed by atoms with van der Waals surface area (Å²) < 4.78 is 24.5. The molecule has 1 aliphatic rings. The van der Waals surface area contributed by atoms with Gasteiger partial charge in [-0.1, -0.05) is 17.3 Å². The maximum Gasteiger partial charge on any atom is 0.368 e. The molecule has 0 amide bonds. The second-order valence-corrected chi connectivity index (χ2v) is 5.39. The Hall–Kier alpha value is -2.89. The molecule has 0 aromatic heterocycles. The number of hydrogen-bond donors (Lipinski definition) is 0. The summed E-state index contributed by atoms with van der Waals surface area (Å²) in [5, 5.41) is 3.93. The van der Waals surface area contributed by atoms with Crippen LogP contribution < -0.4 is 9.47 Å². The molecule has 0 saturated carbocycles. The first-order valence-electron chi connectivity index (χ1n) is 7.46. The fourth-order valence-corrected chi connectivity index (χ4v) is 2.47. The first-order valence-corrected chi connectivity index (χ1v) is 7.46. The van der Waals surface area contributed by atoms with Crippen LogP contribution in [-0.2, 0) is 4.84 Å². The minimum Gasteiger partial charge on any atom is -0.497 e. The van der Waals surface area contributed by atoms with Crippen LogP contribution in [0.3, 0.4) is 0 Å². The Labute approximate surface area is 138 Å². The molecule has 0 aliphatic carbocycles. The zero-order valence-corrected chi connectivity index (χ0v) is 13.3. The summed E-state index contributed by atoms with van der Waals surface area (Å²) in [5.41, 5.74) is 1.13. The third kappa shape index (κ3) is 3.22. The summed E-state index contributed by atoms with van der Waals surface area (Å²) in [6, 6.07) is 10.9. The highest BCUT2D eigenvalue weighted by atomic mass is 19.1. The van der Waals surface area contributed by atoms with E-state index in [1.807, 2.05) is 6.92 Å². The van der Waals surface area contributed by atoms with Crippen LogP contribution in [0.2, 0.25) is 0 Å². The van der Waals surface area contributed by atoms with E-state index in [4.69, 9.17) is 14.3 Å². The van der Waals surface area contributed by atoms with Gasteiger partial charge >= 0.3 is 5.97 Å². The van der Waals surface area contributed by atoms with Crippen LogP contribution in [-0.4, -0.2) is 24.9 Å². The van der Waals surface area contributed by atoms with Crippen LogP contribution in [0.1, 0.15) is 29.3 Å². The number of hydrogen-bond acceptors (Lipinski definition) is 5. The third-order valence-corrected chi connectivity index (χ3v) is 3.64. The van der Waals surface area contributed by atoms with Gasteiger partial charge in [0.15, 0.2) is 0 Å². The van der Waals surface area contributed by atoms with Crippen molar-refractivity contribution in [1.29, 1.82) is 0 Å². The lowest BCUT2D eigenvalue weighted by molar-refractivity contribution is 0.0507. The standard InChI is InChI=1S/C18H16FNO4/c1-11-9-16(14-8-7-12(22-2)10-17(14)23-11)20-24-18(21)13-5-3-4-6-15(13)19/h3-8,10-11H,9H2,1-2H3/b20-16-/t11-/m1/s1. The summed E-state index contributed by atoms with van der Waals surface area (Å²) in [7, 11) is 1.57. The molecule has 5 nitrogen and oxygen atoms in total. The number of rotatable bonds is 3. The van der Waals surface area contributed by atoms with E-state index in [1.165, 1.54) is 18.2 Å². The highest BCUT2D eigenvalue weighted by Crippen LogP contribution is 2.31.